The number of carbonyl (C=O) groups is 1. The third kappa shape index (κ3) is 2.95. The van der Waals surface area contributed by atoms with Gasteiger partial charge in [-0.15, -0.1) is 0 Å². The largest absolute Gasteiger partial charge is 0.310 e. The fraction of sp³-hybridized carbons (Fsp3) is 0.400. The Bertz CT molecular complexity index is 272. The first kappa shape index (κ1) is 9.86. The summed E-state index contributed by atoms with van der Waals surface area (Å²) in [6.45, 7) is 1.59. The van der Waals surface area contributed by atoms with E-state index in [0.29, 0.717) is 6.42 Å². The molecule has 0 aromatic carbocycles. The monoisotopic (exact) mass is 178 g/mol. The molecule has 0 unspecified atom stereocenters. The normalized spacial score (nSPS) is 12.5. The van der Waals surface area contributed by atoms with E-state index < -0.39 is 0 Å². The van der Waals surface area contributed by atoms with E-state index in [1.165, 1.54) is 0 Å². The van der Waals surface area contributed by atoms with Gasteiger partial charge in [0.15, 0.2) is 0 Å². The number of aromatic nitrogens is 1. The molecule has 0 radical (unpaired) electrons. The van der Waals surface area contributed by atoms with Crippen LogP contribution in [-0.2, 0) is 11.2 Å². The maximum atomic E-state index is 11.1. The van der Waals surface area contributed by atoms with Gasteiger partial charge in [0.25, 0.3) is 0 Å². The van der Waals surface area contributed by atoms with E-state index in [1.807, 2.05) is 12.1 Å². The molecular weight excluding hydrogens is 164 g/mol. The molecule has 3 nitrogen and oxygen atoms in total. The summed E-state index contributed by atoms with van der Waals surface area (Å²) >= 11 is 0. The zero-order valence-electron chi connectivity index (χ0n) is 7.95. The maximum Gasteiger partial charge on any atom is 0.147 e. The molecule has 1 heterocycles. The lowest BCUT2D eigenvalue weighted by Crippen LogP contribution is -2.34. The molecule has 0 fully saturated rings. The van der Waals surface area contributed by atoms with Crippen molar-refractivity contribution in [2.75, 3.05) is 7.05 Å². The third-order valence-electron chi connectivity index (χ3n) is 2.00. The van der Waals surface area contributed by atoms with E-state index in [2.05, 4.69) is 10.3 Å². The molecule has 1 aromatic rings. The van der Waals surface area contributed by atoms with E-state index in [9.17, 15) is 4.79 Å². The molecule has 3 heteroatoms. The Morgan fingerprint density at radius 3 is 2.92 bits per heavy atom. The summed E-state index contributed by atoms with van der Waals surface area (Å²) in [6.07, 6.45) is 4.22. The van der Waals surface area contributed by atoms with Gasteiger partial charge in [0, 0.05) is 12.4 Å². The van der Waals surface area contributed by atoms with Crippen LogP contribution in [0.3, 0.4) is 0 Å². The van der Waals surface area contributed by atoms with Gasteiger partial charge in [0.05, 0.1) is 6.04 Å². The maximum absolute atomic E-state index is 11.1. The summed E-state index contributed by atoms with van der Waals surface area (Å²) in [5.74, 6) is 0.159. The van der Waals surface area contributed by atoms with E-state index in [4.69, 9.17) is 0 Å². The summed E-state index contributed by atoms with van der Waals surface area (Å²) in [4.78, 5) is 15.1. The highest BCUT2D eigenvalue weighted by Gasteiger charge is 2.11. The fourth-order valence-electron chi connectivity index (χ4n) is 1.20. The summed E-state index contributed by atoms with van der Waals surface area (Å²) in [5.41, 5.74) is 1.08. The van der Waals surface area contributed by atoms with E-state index >= 15 is 0 Å². The summed E-state index contributed by atoms with van der Waals surface area (Å²) in [5, 5.41) is 2.97. The van der Waals surface area contributed by atoms with Crippen LogP contribution in [0.4, 0.5) is 0 Å². The number of hydrogen-bond acceptors (Lipinski definition) is 3. The first-order chi connectivity index (χ1) is 6.24. The van der Waals surface area contributed by atoms with E-state index in [1.54, 1.807) is 26.4 Å². The lowest BCUT2D eigenvalue weighted by atomic mass is 10.1. The lowest BCUT2D eigenvalue weighted by Gasteiger charge is -2.11. The Balaban J connectivity index is 2.62. The Morgan fingerprint density at radius 1 is 1.69 bits per heavy atom. The minimum atomic E-state index is -0.0933. The van der Waals surface area contributed by atoms with Crippen LogP contribution in [0.25, 0.3) is 0 Å². The topological polar surface area (TPSA) is 42.0 Å². The van der Waals surface area contributed by atoms with Gasteiger partial charge in [-0.25, -0.2) is 0 Å². The first-order valence-electron chi connectivity index (χ1n) is 4.30. The van der Waals surface area contributed by atoms with Crippen molar-refractivity contribution in [3.8, 4) is 0 Å². The molecule has 0 spiro atoms. The molecule has 0 saturated carbocycles. The van der Waals surface area contributed by atoms with Crippen molar-refractivity contribution >= 4 is 5.78 Å². The molecule has 0 aliphatic heterocycles. The van der Waals surface area contributed by atoms with Gasteiger partial charge >= 0.3 is 0 Å². The van der Waals surface area contributed by atoms with Crippen molar-refractivity contribution in [2.45, 2.75) is 19.4 Å². The molecule has 1 aromatic heterocycles. The zero-order chi connectivity index (χ0) is 9.68. The number of nitrogens with zero attached hydrogens (tertiary/aromatic N) is 1. The number of pyridine rings is 1. The number of rotatable bonds is 4. The Kier molecular flexibility index (Phi) is 3.58. The zero-order valence-corrected chi connectivity index (χ0v) is 7.95. The summed E-state index contributed by atoms with van der Waals surface area (Å²) in [6, 6.07) is 3.76. The first-order valence-corrected chi connectivity index (χ1v) is 4.30. The minimum absolute atomic E-state index is 0.0933. The number of likely N-dealkylation sites (N-methyl/N-ethyl adjacent to an activating group) is 1. The summed E-state index contributed by atoms with van der Waals surface area (Å²) in [7, 11) is 1.79. The van der Waals surface area contributed by atoms with Gasteiger partial charge in [-0.1, -0.05) is 6.07 Å². The molecule has 13 heavy (non-hydrogen) atoms. The van der Waals surface area contributed by atoms with Crippen molar-refractivity contribution in [3.05, 3.63) is 30.1 Å². The average molecular weight is 178 g/mol. The van der Waals surface area contributed by atoms with Crippen molar-refractivity contribution in [3.63, 3.8) is 0 Å². The molecule has 1 N–H and O–H groups in total. The molecule has 1 rings (SSSR count). The van der Waals surface area contributed by atoms with Crippen LogP contribution in [-0.4, -0.2) is 23.9 Å². The van der Waals surface area contributed by atoms with Crippen molar-refractivity contribution < 1.29 is 4.79 Å². The Labute approximate surface area is 78.2 Å². The molecule has 70 valence electrons. The van der Waals surface area contributed by atoms with Crippen LogP contribution in [0, 0.1) is 0 Å². The van der Waals surface area contributed by atoms with Gasteiger partial charge in [0.1, 0.15) is 5.78 Å². The third-order valence-corrected chi connectivity index (χ3v) is 2.00. The predicted octanol–water partition coefficient (Wildman–Crippen LogP) is 0.801. The van der Waals surface area contributed by atoms with Gasteiger partial charge in [-0.05, 0) is 32.0 Å². The Morgan fingerprint density at radius 2 is 2.46 bits per heavy atom. The van der Waals surface area contributed by atoms with Gasteiger partial charge in [0.2, 0.25) is 0 Å². The van der Waals surface area contributed by atoms with E-state index in [0.717, 1.165) is 5.56 Å². The molecule has 0 saturated heterocycles. The SMILES string of the molecule is CN[C@@H](Cc1cccnc1)C(C)=O. The number of hydrogen-bond donors (Lipinski definition) is 1. The molecule has 0 aliphatic carbocycles. The number of Topliss-reactive ketones (excluding diaryl/α,β-unsaturated/α-hetero) is 1. The van der Waals surface area contributed by atoms with Crippen molar-refractivity contribution in [1.29, 1.82) is 0 Å². The smallest absolute Gasteiger partial charge is 0.147 e. The molecular formula is C10H14N2O. The van der Waals surface area contributed by atoms with Crippen LogP contribution in [0.1, 0.15) is 12.5 Å². The van der Waals surface area contributed by atoms with Crippen LogP contribution in [0.2, 0.25) is 0 Å². The van der Waals surface area contributed by atoms with Gasteiger partial charge in [-0.3, -0.25) is 9.78 Å². The second-order valence-corrected chi connectivity index (χ2v) is 3.02. The molecule has 0 bridgehead atoms. The highest BCUT2D eigenvalue weighted by molar-refractivity contribution is 5.81. The molecule has 1 atom stereocenters. The van der Waals surface area contributed by atoms with Crippen LogP contribution in [0.15, 0.2) is 24.5 Å². The predicted molar refractivity (Wildman–Crippen MR) is 51.5 cm³/mol. The fourth-order valence-corrected chi connectivity index (χ4v) is 1.20. The number of ketones is 1. The molecule has 0 amide bonds. The minimum Gasteiger partial charge on any atom is -0.310 e. The average Bonchev–Trinajstić information content (AvgIpc) is 2.15. The van der Waals surface area contributed by atoms with Crippen LogP contribution < -0.4 is 5.32 Å². The highest BCUT2D eigenvalue weighted by atomic mass is 16.1. The standard InChI is InChI=1S/C10H14N2O/c1-8(13)10(11-2)6-9-4-3-5-12-7-9/h3-5,7,10-11H,6H2,1-2H3/t10-/m0/s1. The second-order valence-electron chi connectivity index (χ2n) is 3.02. The second kappa shape index (κ2) is 4.72. The van der Waals surface area contributed by atoms with Crippen molar-refractivity contribution in [1.82, 2.24) is 10.3 Å². The quantitative estimate of drug-likeness (QED) is 0.741. The van der Waals surface area contributed by atoms with Gasteiger partial charge < -0.3 is 5.32 Å². The Hall–Kier alpha value is -1.22. The van der Waals surface area contributed by atoms with Crippen LogP contribution in [0.5, 0.6) is 0 Å². The highest BCUT2D eigenvalue weighted by Crippen LogP contribution is 2.01. The number of nitrogens with one attached hydrogen (secondary N) is 1. The van der Waals surface area contributed by atoms with Crippen LogP contribution >= 0.6 is 0 Å². The molecule has 0 aliphatic rings. The van der Waals surface area contributed by atoms with Crippen molar-refractivity contribution in [2.24, 2.45) is 0 Å². The lowest BCUT2D eigenvalue weighted by molar-refractivity contribution is -0.118. The van der Waals surface area contributed by atoms with E-state index in [-0.39, 0.29) is 11.8 Å². The summed E-state index contributed by atoms with van der Waals surface area (Å²) < 4.78 is 0. The number of carbonyl (C=O) groups excluding carboxylic acids is 1. The van der Waals surface area contributed by atoms with Gasteiger partial charge in [-0.2, -0.15) is 0 Å².